The van der Waals surface area contributed by atoms with Crippen LogP contribution in [0.3, 0.4) is 0 Å². The molecule has 1 aromatic carbocycles. The first-order chi connectivity index (χ1) is 14.5. The van der Waals surface area contributed by atoms with Gasteiger partial charge in [0.1, 0.15) is 0 Å². The zero-order chi connectivity index (χ0) is 21.4. The van der Waals surface area contributed by atoms with E-state index in [0.717, 1.165) is 38.5 Å². The summed E-state index contributed by atoms with van der Waals surface area (Å²) < 4.78 is 33.0. The van der Waals surface area contributed by atoms with Crippen molar-refractivity contribution >= 4 is 21.8 Å². The average Bonchev–Trinajstić information content (AvgIpc) is 3.29. The second-order valence-electron chi connectivity index (χ2n) is 7.90. The van der Waals surface area contributed by atoms with Crippen molar-refractivity contribution in [3.05, 3.63) is 29.8 Å². The number of hydrogen-bond acceptors (Lipinski definition) is 5. The van der Waals surface area contributed by atoms with Crippen molar-refractivity contribution in [2.75, 3.05) is 26.2 Å². The summed E-state index contributed by atoms with van der Waals surface area (Å²) in [6.07, 6.45) is 6.91. The lowest BCUT2D eigenvalue weighted by atomic mass is 9.89. The third kappa shape index (κ3) is 6.52. The van der Waals surface area contributed by atoms with Gasteiger partial charge in [-0.1, -0.05) is 25.3 Å². The van der Waals surface area contributed by atoms with Crippen molar-refractivity contribution in [2.24, 2.45) is 5.92 Å². The molecule has 1 aromatic rings. The number of benzene rings is 1. The van der Waals surface area contributed by atoms with Crippen LogP contribution in [-0.4, -0.2) is 52.6 Å². The molecule has 8 nitrogen and oxygen atoms in total. The van der Waals surface area contributed by atoms with Gasteiger partial charge in [0.15, 0.2) is 0 Å². The van der Waals surface area contributed by atoms with Gasteiger partial charge in [-0.2, -0.15) is 0 Å². The minimum atomic E-state index is -3.72. The van der Waals surface area contributed by atoms with E-state index in [9.17, 15) is 18.0 Å². The van der Waals surface area contributed by atoms with Crippen molar-refractivity contribution in [3.63, 3.8) is 0 Å². The van der Waals surface area contributed by atoms with Crippen LogP contribution in [0, 0.1) is 5.92 Å². The number of rotatable bonds is 9. The van der Waals surface area contributed by atoms with E-state index in [2.05, 4.69) is 15.4 Å². The first-order valence-electron chi connectivity index (χ1n) is 10.7. The Bertz CT molecular complexity index is 831. The largest absolute Gasteiger partial charge is 0.377 e. The van der Waals surface area contributed by atoms with Gasteiger partial charge in [-0.3, -0.25) is 9.59 Å². The number of carbonyl (C=O) groups excluding carboxylic acids is 2. The highest BCUT2D eigenvalue weighted by Gasteiger charge is 2.22. The fourth-order valence-corrected chi connectivity index (χ4v) is 4.98. The summed E-state index contributed by atoms with van der Waals surface area (Å²) in [5.41, 5.74) is 0.258. The van der Waals surface area contributed by atoms with Crippen molar-refractivity contribution in [2.45, 2.75) is 55.9 Å². The highest BCUT2D eigenvalue weighted by atomic mass is 32.2. The number of nitrogens with one attached hydrogen (secondary N) is 3. The Morgan fingerprint density at radius 2 is 1.77 bits per heavy atom. The molecule has 1 heterocycles. The predicted molar refractivity (Wildman–Crippen MR) is 113 cm³/mol. The van der Waals surface area contributed by atoms with E-state index < -0.39 is 10.0 Å². The van der Waals surface area contributed by atoms with E-state index in [1.54, 1.807) is 12.1 Å². The Kier molecular flexibility index (Phi) is 8.24. The quantitative estimate of drug-likeness (QED) is 0.508. The van der Waals surface area contributed by atoms with Crippen LogP contribution in [0.15, 0.2) is 29.2 Å². The summed E-state index contributed by atoms with van der Waals surface area (Å²) in [6, 6.07) is 5.92. The van der Waals surface area contributed by atoms with Gasteiger partial charge < -0.3 is 15.4 Å². The lowest BCUT2D eigenvalue weighted by Crippen LogP contribution is -2.38. The van der Waals surface area contributed by atoms with Gasteiger partial charge in [0.2, 0.25) is 15.9 Å². The lowest BCUT2D eigenvalue weighted by molar-refractivity contribution is -0.125. The first kappa shape index (κ1) is 22.7. The number of sulfonamides is 1. The van der Waals surface area contributed by atoms with Crippen LogP contribution in [0.4, 0.5) is 0 Å². The summed E-state index contributed by atoms with van der Waals surface area (Å²) in [5.74, 6) is -0.245. The van der Waals surface area contributed by atoms with E-state index in [0.29, 0.717) is 13.2 Å². The fourth-order valence-electron chi connectivity index (χ4n) is 3.87. The molecule has 0 spiro atoms. The highest BCUT2D eigenvalue weighted by molar-refractivity contribution is 7.89. The molecule has 1 unspecified atom stereocenters. The van der Waals surface area contributed by atoms with Gasteiger partial charge >= 0.3 is 0 Å². The third-order valence-corrected chi connectivity index (χ3v) is 7.04. The zero-order valence-electron chi connectivity index (χ0n) is 17.2. The minimum absolute atomic E-state index is 0.0405. The molecule has 1 atom stereocenters. The molecule has 3 N–H and O–H groups in total. The molecule has 0 bridgehead atoms. The molecule has 1 aliphatic carbocycles. The molecule has 2 fully saturated rings. The zero-order valence-corrected chi connectivity index (χ0v) is 18.0. The maximum atomic E-state index is 12.5. The number of hydrogen-bond donors (Lipinski definition) is 3. The summed E-state index contributed by atoms with van der Waals surface area (Å²) in [5, 5.41) is 5.59. The normalized spacial score (nSPS) is 20.1. The molecular formula is C21H31N3O5S. The van der Waals surface area contributed by atoms with Gasteiger partial charge in [-0.25, -0.2) is 13.1 Å². The second kappa shape index (κ2) is 10.9. The van der Waals surface area contributed by atoms with Crippen LogP contribution in [0.2, 0.25) is 0 Å². The number of amides is 2. The lowest BCUT2D eigenvalue weighted by Gasteiger charge is -2.20. The van der Waals surface area contributed by atoms with Gasteiger partial charge in [0.05, 0.1) is 11.0 Å². The Balaban J connectivity index is 1.45. The van der Waals surface area contributed by atoms with Gasteiger partial charge in [0.25, 0.3) is 5.91 Å². The molecular weight excluding hydrogens is 406 g/mol. The van der Waals surface area contributed by atoms with Crippen molar-refractivity contribution in [1.29, 1.82) is 0 Å². The van der Waals surface area contributed by atoms with Crippen LogP contribution in [0.1, 0.15) is 55.3 Å². The fraction of sp³-hybridized carbons (Fsp3) is 0.619. The maximum Gasteiger partial charge on any atom is 0.251 e. The summed E-state index contributed by atoms with van der Waals surface area (Å²) in [4.78, 5) is 24.5. The monoisotopic (exact) mass is 437 g/mol. The van der Waals surface area contributed by atoms with Crippen molar-refractivity contribution in [1.82, 2.24) is 15.4 Å². The van der Waals surface area contributed by atoms with Crippen LogP contribution in [0.25, 0.3) is 0 Å². The van der Waals surface area contributed by atoms with Gasteiger partial charge in [0, 0.05) is 37.7 Å². The van der Waals surface area contributed by atoms with Crippen LogP contribution in [0.5, 0.6) is 0 Å². The standard InChI is InChI=1S/C21H31N3O5S/c25-20(16-6-2-1-3-7-16)22-11-12-23-21(26)17-8-4-10-19(14-17)30(27,28)24-15-18-9-5-13-29-18/h4,8,10,14,16,18,24H,1-3,5-7,9,11-13,15H2,(H,22,25)(H,23,26). The molecule has 9 heteroatoms. The molecule has 166 valence electrons. The molecule has 1 saturated carbocycles. The van der Waals surface area contributed by atoms with Crippen molar-refractivity contribution < 1.29 is 22.7 Å². The van der Waals surface area contributed by atoms with Crippen LogP contribution >= 0.6 is 0 Å². The Labute approximate surface area is 178 Å². The maximum absolute atomic E-state index is 12.5. The average molecular weight is 438 g/mol. The van der Waals surface area contributed by atoms with E-state index in [1.165, 1.54) is 18.6 Å². The van der Waals surface area contributed by atoms with E-state index >= 15 is 0 Å². The molecule has 2 amide bonds. The predicted octanol–water partition coefficient (Wildman–Crippen LogP) is 1.57. The highest BCUT2D eigenvalue weighted by Crippen LogP contribution is 2.23. The molecule has 0 radical (unpaired) electrons. The summed E-state index contributed by atoms with van der Waals surface area (Å²) >= 11 is 0. The van der Waals surface area contributed by atoms with Crippen LogP contribution < -0.4 is 15.4 Å². The molecule has 1 aliphatic heterocycles. The Morgan fingerprint density at radius 3 is 2.50 bits per heavy atom. The number of carbonyl (C=O) groups is 2. The summed E-state index contributed by atoms with van der Waals surface area (Å²) in [6.45, 7) is 1.51. The van der Waals surface area contributed by atoms with Gasteiger partial charge in [-0.15, -0.1) is 0 Å². The SMILES string of the molecule is O=C(NCCNC(=O)C1CCCCC1)c1cccc(S(=O)(=O)NCC2CCCO2)c1. The van der Waals surface area contributed by atoms with Gasteiger partial charge in [-0.05, 0) is 43.9 Å². The van der Waals surface area contributed by atoms with Crippen LogP contribution in [-0.2, 0) is 19.6 Å². The van der Waals surface area contributed by atoms with Crippen molar-refractivity contribution in [3.8, 4) is 0 Å². The smallest absolute Gasteiger partial charge is 0.251 e. The minimum Gasteiger partial charge on any atom is -0.377 e. The Morgan fingerprint density at radius 1 is 1.00 bits per heavy atom. The Hall–Kier alpha value is -1.97. The van der Waals surface area contributed by atoms with E-state index in [-0.39, 0.29) is 47.4 Å². The number of ether oxygens (including phenoxy) is 1. The molecule has 3 rings (SSSR count). The molecule has 2 aliphatic rings. The summed E-state index contributed by atoms with van der Waals surface area (Å²) in [7, 11) is -3.72. The van der Waals surface area contributed by atoms with E-state index in [1.807, 2.05) is 0 Å². The second-order valence-corrected chi connectivity index (χ2v) is 9.66. The molecule has 1 saturated heterocycles. The molecule has 30 heavy (non-hydrogen) atoms. The first-order valence-corrected chi connectivity index (χ1v) is 12.2. The third-order valence-electron chi connectivity index (χ3n) is 5.62. The molecule has 0 aromatic heterocycles. The van der Waals surface area contributed by atoms with E-state index in [4.69, 9.17) is 4.74 Å². The topological polar surface area (TPSA) is 114 Å².